The van der Waals surface area contributed by atoms with Gasteiger partial charge in [-0.1, -0.05) is 19.3 Å². The van der Waals surface area contributed by atoms with Crippen molar-refractivity contribution >= 4 is 11.8 Å². The van der Waals surface area contributed by atoms with Gasteiger partial charge < -0.3 is 10.2 Å². The molecule has 2 fully saturated rings. The summed E-state index contributed by atoms with van der Waals surface area (Å²) in [7, 11) is 0. The molecule has 1 atom stereocenters. The minimum Gasteiger partial charge on any atom is -0.480 e. The van der Waals surface area contributed by atoms with E-state index in [0.717, 1.165) is 25.7 Å². The molecule has 2 aliphatic rings. The molecule has 0 spiro atoms. The Balaban J connectivity index is 2.22. The van der Waals surface area contributed by atoms with Gasteiger partial charge in [-0.2, -0.15) is 0 Å². The minimum absolute atomic E-state index is 0.119. The lowest BCUT2D eigenvalue weighted by Gasteiger charge is -2.37. The van der Waals surface area contributed by atoms with Crippen LogP contribution in [0.15, 0.2) is 0 Å². The van der Waals surface area contributed by atoms with Crippen LogP contribution in [0.25, 0.3) is 0 Å². The number of aliphatic hydroxyl groups is 1. The van der Waals surface area contributed by atoms with Crippen molar-refractivity contribution in [1.29, 1.82) is 0 Å². The van der Waals surface area contributed by atoms with E-state index in [-0.39, 0.29) is 12.2 Å². The molecule has 0 saturated heterocycles. The Kier molecular flexibility index (Phi) is 3.25. The second kappa shape index (κ2) is 4.41. The summed E-state index contributed by atoms with van der Waals surface area (Å²) < 4.78 is 0. The van der Waals surface area contributed by atoms with Gasteiger partial charge in [-0.25, -0.2) is 0 Å². The summed E-state index contributed by atoms with van der Waals surface area (Å²) in [5.41, 5.74) is -2.23. The first-order valence-corrected chi connectivity index (χ1v) is 6.48. The molecule has 2 aliphatic carbocycles. The van der Waals surface area contributed by atoms with Gasteiger partial charge in [0.2, 0.25) is 0 Å². The second-order valence-electron chi connectivity index (χ2n) is 5.63. The monoisotopic (exact) mass is 240 g/mol. The van der Waals surface area contributed by atoms with E-state index in [0.29, 0.717) is 25.7 Å². The van der Waals surface area contributed by atoms with Crippen LogP contribution in [0, 0.1) is 5.41 Å². The van der Waals surface area contributed by atoms with Gasteiger partial charge in [0.25, 0.3) is 0 Å². The fraction of sp³-hybridized carbons (Fsp3) is 0.846. The zero-order valence-corrected chi connectivity index (χ0v) is 10.1. The third-order valence-electron chi connectivity index (χ3n) is 4.37. The standard InChI is InChI=1S/C13H20O4/c14-10-5-1-2-8-13(10,11(15)16)9-12(17)6-3-4-7-12/h17H,1-9H2,(H,15,16). The van der Waals surface area contributed by atoms with Crippen LogP contribution >= 0.6 is 0 Å². The average molecular weight is 240 g/mol. The van der Waals surface area contributed by atoms with Crippen LogP contribution in [0.1, 0.15) is 57.8 Å². The van der Waals surface area contributed by atoms with Gasteiger partial charge in [-0.15, -0.1) is 0 Å². The van der Waals surface area contributed by atoms with Gasteiger partial charge in [0, 0.05) is 6.42 Å². The van der Waals surface area contributed by atoms with Crippen molar-refractivity contribution in [3.63, 3.8) is 0 Å². The molecule has 2 N–H and O–H groups in total. The fourth-order valence-electron chi connectivity index (χ4n) is 3.35. The highest BCUT2D eigenvalue weighted by atomic mass is 16.4. The van der Waals surface area contributed by atoms with E-state index in [1.807, 2.05) is 0 Å². The molecule has 0 aromatic rings. The molecule has 4 heteroatoms. The molecule has 0 heterocycles. The van der Waals surface area contributed by atoms with Crippen molar-refractivity contribution in [2.75, 3.05) is 0 Å². The van der Waals surface area contributed by atoms with Crippen molar-refractivity contribution in [2.45, 2.75) is 63.4 Å². The summed E-state index contributed by atoms with van der Waals surface area (Å²) in [5, 5.41) is 19.8. The van der Waals surface area contributed by atoms with E-state index in [1.165, 1.54) is 0 Å². The number of hydrogen-bond donors (Lipinski definition) is 2. The van der Waals surface area contributed by atoms with E-state index < -0.39 is 17.0 Å². The number of ketones is 1. The van der Waals surface area contributed by atoms with Gasteiger partial charge in [0.1, 0.15) is 11.2 Å². The number of carbonyl (C=O) groups excluding carboxylic acids is 1. The van der Waals surface area contributed by atoms with Gasteiger partial charge in [0.05, 0.1) is 5.60 Å². The number of carboxylic acid groups (broad SMARTS) is 1. The highest BCUT2D eigenvalue weighted by molar-refractivity contribution is 6.03. The van der Waals surface area contributed by atoms with E-state index in [4.69, 9.17) is 0 Å². The molecule has 0 radical (unpaired) electrons. The molecule has 2 rings (SSSR count). The zero-order chi connectivity index (χ0) is 12.5. The van der Waals surface area contributed by atoms with Crippen molar-refractivity contribution in [2.24, 2.45) is 5.41 Å². The number of carbonyl (C=O) groups is 2. The third kappa shape index (κ3) is 2.23. The van der Waals surface area contributed by atoms with Crippen molar-refractivity contribution in [3.05, 3.63) is 0 Å². The number of hydrogen-bond acceptors (Lipinski definition) is 3. The maximum atomic E-state index is 12.0. The molecule has 17 heavy (non-hydrogen) atoms. The lowest BCUT2D eigenvalue weighted by Crippen LogP contribution is -2.47. The van der Waals surface area contributed by atoms with Crippen LogP contribution < -0.4 is 0 Å². The number of carboxylic acids is 1. The van der Waals surface area contributed by atoms with Crippen LogP contribution in [-0.4, -0.2) is 27.6 Å². The lowest BCUT2D eigenvalue weighted by atomic mass is 9.66. The number of aliphatic carboxylic acids is 1. The van der Waals surface area contributed by atoms with Crippen LogP contribution in [-0.2, 0) is 9.59 Å². The second-order valence-corrected chi connectivity index (χ2v) is 5.63. The van der Waals surface area contributed by atoms with E-state index in [2.05, 4.69) is 0 Å². The lowest BCUT2D eigenvalue weighted by molar-refractivity contribution is -0.162. The molecule has 4 nitrogen and oxygen atoms in total. The van der Waals surface area contributed by atoms with E-state index in [9.17, 15) is 19.8 Å². The summed E-state index contributed by atoms with van der Waals surface area (Å²) >= 11 is 0. The SMILES string of the molecule is O=C(O)C1(CC2(O)CCCC2)CCCCC1=O. The quantitative estimate of drug-likeness (QED) is 0.739. The number of rotatable bonds is 3. The van der Waals surface area contributed by atoms with Crippen LogP contribution in [0.3, 0.4) is 0 Å². The molecular weight excluding hydrogens is 220 g/mol. The van der Waals surface area contributed by atoms with Crippen molar-refractivity contribution < 1.29 is 19.8 Å². The molecule has 0 bridgehead atoms. The van der Waals surface area contributed by atoms with Gasteiger partial charge in [0.15, 0.2) is 0 Å². The Labute approximate surface area is 101 Å². The number of Topliss-reactive ketones (excluding diaryl/α,β-unsaturated/α-hetero) is 1. The van der Waals surface area contributed by atoms with Crippen molar-refractivity contribution in [1.82, 2.24) is 0 Å². The van der Waals surface area contributed by atoms with Crippen LogP contribution in [0.4, 0.5) is 0 Å². The smallest absolute Gasteiger partial charge is 0.317 e. The molecule has 0 aromatic carbocycles. The predicted molar refractivity (Wildman–Crippen MR) is 61.6 cm³/mol. The van der Waals surface area contributed by atoms with Crippen LogP contribution in [0.2, 0.25) is 0 Å². The van der Waals surface area contributed by atoms with Gasteiger partial charge in [-0.05, 0) is 32.1 Å². The Hall–Kier alpha value is -0.900. The van der Waals surface area contributed by atoms with Crippen LogP contribution in [0.5, 0.6) is 0 Å². The molecular formula is C13H20O4. The predicted octanol–water partition coefficient (Wildman–Crippen LogP) is 1.90. The van der Waals surface area contributed by atoms with E-state index >= 15 is 0 Å². The average Bonchev–Trinajstić information content (AvgIpc) is 2.68. The molecule has 96 valence electrons. The molecule has 0 amide bonds. The maximum Gasteiger partial charge on any atom is 0.317 e. The third-order valence-corrected chi connectivity index (χ3v) is 4.37. The first-order valence-electron chi connectivity index (χ1n) is 6.48. The summed E-state index contributed by atoms with van der Waals surface area (Å²) in [5.74, 6) is -1.22. The summed E-state index contributed by atoms with van der Waals surface area (Å²) in [6, 6.07) is 0. The summed E-state index contributed by atoms with van der Waals surface area (Å²) in [6.45, 7) is 0. The van der Waals surface area contributed by atoms with E-state index in [1.54, 1.807) is 0 Å². The Morgan fingerprint density at radius 1 is 1.12 bits per heavy atom. The largest absolute Gasteiger partial charge is 0.480 e. The first-order chi connectivity index (χ1) is 7.99. The molecule has 2 saturated carbocycles. The van der Waals surface area contributed by atoms with Gasteiger partial charge in [-0.3, -0.25) is 9.59 Å². The Morgan fingerprint density at radius 2 is 1.71 bits per heavy atom. The topological polar surface area (TPSA) is 74.6 Å². The Morgan fingerprint density at radius 3 is 2.24 bits per heavy atom. The molecule has 1 unspecified atom stereocenters. The maximum absolute atomic E-state index is 12.0. The summed E-state index contributed by atoms with van der Waals surface area (Å²) in [6.07, 6.45) is 5.55. The summed E-state index contributed by atoms with van der Waals surface area (Å²) in [4.78, 5) is 23.5. The minimum atomic E-state index is -1.31. The zero-order valence-electron chi connectivity index (χ0n) is 10.1. The molecule has 0 aromatic heterocycles. The fourth-order valence-corrected chi connectivity index (χ4v) is 3.35. The Bertz CT molecular complexity index is 330. The highest BCUT2D eigenvalue weighted by Gasteiger charge is 2.52. The normalized spacial score (nSPS) is 32.6. The molecule has 0 aliphatic heterocycles. The van der Waals surface area contributed by atoms with Gasteiger partial charge >= 0.3 is 5.97 Å². The highest BCUT2D eigenvalue weighted by Crippen LogP contribution is 2.45. The first kappa shape index (κ1) is 12.6. The van der Waals surface area contributed by atoms with Crippen molar-refractivity contribution in [3.8, 4) is 0 Å².